The summed E-state index contributed by atoms with van der Waals surface area (Å²) in [6.45, 7) is 5.51. The third-order valence-corrected chi connectivity index (χ3v) is 2.24. The summed E-state index contributed by atoms with van der Waals surface area (Å²) in [5, 5.41) is 0. The predicted octanol–water partition coefficient (Wildman–Crippen LogP) is 1.16. The van der Waals surface area contributed by atoms with Crippen molar-refractivity contribution in [2.45, 2.75) is 33.3 Å². The van der Waals surface area contributed by atoms with E-state index in [9.17, 15) is 9.59 Å². The van der Waals surface area contributed by atoms with Crippen molar-refractivity contribution < 1.29 is 14.3 Å². The minimum atomic E-state index is -0.225. The monoisotopic (exact) mass is 170 g/mol. The van der Waals surface area contributed by atoms with Crippen molar-refractivity contribution in [2.24, 2.45) is 11.8 Å². The number of cyclic esters (lactones) is 1. The summed E-state index contributed by atoms with van der Waals surface area (Å²) >= 11 is 0. The van der Waals surface area contributed by atoms with Crippen LogP contribution < -0.4 is 0 Å². The van der Waals surface area contributed by atoms with E-state index in [4.69, 9.17) is 4.74 Å². The number of ether oxygens (including phenoxy) is 1. The van der Waals surface area contributed by atoms with Crippen LogP contribution in [0, 0.1) is 11.8 Å². The van der Waals surface area contributed by atoms with Crippen LogP contribution >= 0.6 is 0 Å². The van der Waals surface area contributed by atoms with Crippen LogP contribution in [0.15, 0.2) is 0 Å². The van der Waals surface area contributed by atoms with Gasteiger partial charge in [-0.25, -0.2) is 0 Å². The third kappa shape index (κ3) is 1.65. The van der Waals surface area contributed by atoms with Gasteiger partial charge in [0.1, 0.15) is 17.8 Å². The van der Waals surface area contributed by atoms with Crippen LogP contribution in [0.25, 0.3) is 0 Å². The second-order valence-electron chi connectivity index (χ2n) is 3.57. The van der Waals surface area contributed by atoms with Gasteiger partial charge < -0.3 is 4.74 Å². The number of rotatable bonds is 3. The topological polar surface area (TPSA) is 43.4 Å². The average molecular weight is 170 g/mol. The molecule has 1 aliphatic rings. The minimum Gasteiger partial charge on any atom is -0.461 e. The van der Waals surface area contributed by atoms with Gasteiger partial charge in [0, 0.05) is 12.3 Å². The Morgan fingerprint density at radius 2 is 2.17 bits per heavy atom. The lowest BCUT2D eigenvalue weighted by molar-refractivity contribution is -0.183. The fourth-order valence-electron chi connectivity index (χ4n) is 1.17. The molecule has 0 radical (unpaired) electrons. The van der Waals surface area contributed by atoms with Gasteiger partial charge in [0.05, 0.1) is 0 Å². The van der Waals surface area contributed by atoms with E-state index >= 15 is 0 Å². The van der Waals surface area contributed by atoms with Crippen LogP contribution in [0.2, 0.25) is 0 Å². The first-order valence-electron chi connectivity index (χ1n) is 4.25. The number of hydrogen-bond acceptors (Lipinski definition) is 3. The van der Waals surface area contributed by atoms with Crippen LogP contribution in [0.1, 0.15) is 27.2 Å². The summed E-state index contributed by atoms with van der Waals surface area (Å²) in [5.74, 6) is -0.245. The Bertz CT molecular complexity index is 208. The Balaban J connectivity index is 2.41. The standard InChI is InChI=1S/C9H14O3/c1-5(2)8(10)4-7-6(3)12-9(7)11/h5-7H,4H2,1-3H3/t6-,7+/m1/s1. The Morgan fingerprint density at radius 3 is 2.50 bits per heavy atom. The Kier molecular flexibility index (Phi) is 2.50. The third-order valence-electron chi connectivity index (χ3n) is 2.24. The fourth-order valence-corrected chi connectivity index (χ4v) is 1.17. The molecule has 0 bridgehead atoms. The molecule has 12 heavy (non-hydrogen) atoms. The second-order valence-corrected chi connectivity index (χ2v) is 3.57. The molecule has 0 aromatic heterocycles. The lowest BCUT2D eigenvalue weighted by Gasteiger charge is -2.32. The van der Waals surface area contributed by atoms with E-state index in [1.807, 2.05) is 20.8 Å². The van der Waals surface area contributed by atoms with Crippen molar-refractivity contribution in [3.63, 3.8) is 0 Å². The first kappa shape index (κ1) is 9.23. The maximum Gasteiger partial charge on any atom is 0.313 e. The highest BCUT2D eigenvalue weighted by atomic mass is 16.6. The summed E-state index contributed by atoms with van der Waals surface area (Å²) in [6, 6.07) is 0. The molecule has 1 rings (SSSR count). The summed E-state index contributed by atoms with van der Waals surface area (Å²) < 4.78 is 4.74. The number of ketones is 1. The van der Waals surface area contributed by atoms with Crippen LogP contribution in [-0.2, 0) is 14.3 Å². The Morgan fingerprint density at radius 1 is 1.58 bits per heavy atom. The molecule has 0 saturated carbocycles. The van der Waals surface area contributed by atoms with Crippen LogP contribution in [0.3, 0.4) is 0 Å². The van der Waals surface area contributed by atoms with Crippen molar-refractivity contribution in [1.82, 2.24) is 0 Å². The first-order valence-corrected chi connectivity index (χ1v) is 4.25. The zero-order valence-corrected chi connectivity index (χ0v) is 7.66. The maximum absolute atomic E-state index is 11.2. The highest BCUT2D eigenvalue weighted by Gasteiger charge is 2.40. The smallest absolute Gasteiger partial charge is 0.313 e. The van der Waals surface area contributed by atoms with Crippen molar-refractivity contribution in [3.05, 3.63) is 0 Å². The average Bonchev–Trinajstić information content (AvgIpc) is 2.00. The van der Waals surface area contributed by atoms with Gasteiger partial charge in [-0.3, -0.25) is 9.59 Å². The van der Waals surface area contributed by atoms with E-state index in [1.165, 1.54) is 0 Å². The normalized spacial score (nSPS) is 28.2. The number of carbonyl (C=O) groups excluding carboxylic acids is 2. The molecule has 0 unspecified atom stereocenters. The molecule has 1 heterocycles. The summed E-state index contributed by atoms with van der Waals surface area (Å²) in [5.41, 5.74) is 0. The van der Waals surface area contributed by atoms with E-state index in [-0.39, 0.29) is 29.7 Å². The number of hydrogen-bond donors (Lipinski definition) is 0. The molecule has 1 aliphatic heterocycles. The van der Waals surface area contributed by atoms with Gasteiger partial charge in [0.25, 0.3) is 0 Å². The molecule has 1 saturated heterocycles. The van der Waals surface area contributed by atoms with Crippen LogP contribution in [0.5, 0.6) is 0 Å². The number of Topliss-reactive ketones (excluding diaryl/α,β-unsaturated/α-hetero) is 1. The fraction of sp³-hybridized carbons (Fsp3) is 0.778. The van der Waals surface area contributed by atoms with E-state index in [2.05, 4.69) is 0 Å². The largest absolute Gasteiger partial charge is 0.461 e. The zero-order chi connectivity index (χ0) is 9.30. The van der Waals surface area contributed by atoms with Crippen LogP contribution in [0.4, 0.5) is 0 Å². The number of esters is 1. The molecule has 3 nitrogen and oxygen atoms in total. The van der Waals surface area contributed by atoms with Gasteiger partial charge in [-0.1, -0.05) is 13.8 Å². The summed E-state index contributed by atoms with van der Waals surface area (Å²) in [7, 11) is 0. The lowest BCUT2D eigenvalue weighted by atomic mass is 9.89. The molecule has 0 aromatic rings. The molecular weight excluding hydrogens is 156 g/mol. The molecular formula is C9H14O3. The molecule has 0 aliphatic carbocycles. The Labute approximate surface area is 72.1 Å². The van der Waals surface area contributed by atoms with Crippen molar-refractivity contribution >= 4 is 11.8 Å². The van der Waals surface area contributed by atoms with Crippen molar-refractivity contribution in [1.29, 1.82) is 0 Å². The molecule has 0 N–H and O–H groups in total. The van der Waals surface area contributed by atoms with Crippen LogP contribution in [-0.4, -0.2) is 17.9 Å². The van der Waals surface area contributed by atoms with Crippen molar-refractivity contribution in [2.75, 3.05) is 0 Å². The molecule has 68 valence electrons. The SMILES string of the molecule is CC(C)C(=O)C[C@@H]1C(=O)O[C@@H]1C. The molecule has 0 amide bonds. The molecule has 2 atom stereocenters. The van der Waals surface area contributed by atoms with Gasteiger partial charge in [0.15, 0.2) is 0 Å². The summed E-state index contributed by atoms with van der Waals surface area (Å²) in [6.07, 6.45) is 0.276. The molecule has 0 aromatic carbocycles. The Hall–Kier alpha value is -0.860. The van der Waals surface area contributed by atoms with Gasteiger partial charge in [0.2, 0.25) is 0 Å². The summed E-state index contributed by atoms with van der Waals surface area (Å²) in [4.78, 5) is 22.1. The second kappa shape index (κ2) is 3.25. The van der Waals surface area contributed by atoms with E-state index in [0.717, 1.165) is 0 Å². The van der Waals surface area contributed by atoms with Gasteiger partial charge in [-0.15, -0.1) is 0 Å². The molecule has 3 heteroatoms. The zero-order valence-electron chi connectivity index (χ0n) is 7.66. The number of carbonyl (C=O) groups is 2. The van der Waals surface area contributed by atoms with E-state index < -0.39 is 0 Å². The highest BCUT2D eigenvalue weighted by Crippen LogP contribution is 2.26. The van der Waals surface area contributed by atoms with Gasteiger partial charge >= 0.3 is 5.97 Å². The highest BCUT2D eigenvalue weighted by molar-refractivity contribution is 5.88. The van der Waals surface area contributed by atoms with E-state index in [1.54, 1.807) is 0 Å². The lowest BCUT2D eigenvalue weighted by Crippen LogP contribution is -2.44. The quantitative estimate of drug-likeness (QED) is 0.597. The van der Waals surface area contributed by atoms with Gasteiger partial charge in [-0.2, -0.15) is 0 Å². The van der Waals surface area contributed by atoms with E-state index in [0.29, 0.717) is 6.42 Å². The predicted molar refractivity (Wildman–Crippen MR) is 43.5 cm³/mol. The van der Waals surface area contributed by atoms with Crippen molar-refractivity contribution in [3.8, 4) is 0 Å². The first-order chi connectivity index (χ1) is 5.52. The van der Waals surface area contributed by atoms with Gasteiger partial charge in [-0.05, 0) is 6.92 Å². The molecule has 1 fully saturated rings. The molecule has 0 spiro atoms. The maximum atomic E-state index is 11.2. The minimum absolute atomic E-state index is 0.0191.